The highest BCUT2D eigenvalue weighted by Crippen LogP contribution is 2.26. The average Bonchev–Trinajstić information content (AvgIpc) is 2.96. The SMILES string of the molecule is O=c1[nH]c2nnc(SCc3cccc(Cl)c3)n2c2c1CCCC2. The molecule has 7 heteroatoms. The molecule has 4 rings (SSSR count). The standard InChI is InChI=1S/C16H15ClN4OS/c17-11-5-3-4-10(8-11)9-23-16-20-19-15-18-14(22)12-6-1-2-7-13(12)21(15)16/h3-5,8H,1-2,6-7,9H2,(H,18,19,22). The molecule has 0 fully saturated rings. The quantitative estimate of drug-likeness (QED) is 0.739. The van der Waals surface area contributed by atoms with Crippen LogP contribution in [0.15, 0.2) is 34.2 Å². The zero-order valence-electron chi connectivity index (χ0n) is 12.4. The number of aromatic amines is 1. The van der Waals surface area contributed by atoms with E-state index in [0.717, 1.165) is 58.4 Å². The van der Waals surface area contributed by atoms with Crippen LogP contribution in [0.2, 0.25) is 5.02 Å². The molecule has 3 aromatic rings. The monoisotopic (exact) mass is 346 g/mol. The molecule has 0 atom stereocenters. The number of fused-ring (bicyclic) bond motifs is 3. The minimum absolute atomic E-state index is 0.0222. The third-order valence-corrected chi connectivity index (χ3v) is 5.33. The summed E-state index contributed by atoms with van der Waals surface area (Å²) in [4.78, 5) is 15.0. The molecule has 1 aromatic carbocycles. The number of aromatic nitrogens is 4. The van der Waals surface area contributed by atoms with Crippen LogP contribution in [0.4, 0.5) is 0 Å². The Kier molecular flexibility index (Phi) is 3.87. The highest BCUT2D eigenvalue weighted by molar-refractivity contribution is 7.98. The first kappa shape index (κ1) is 14.8. The van der Waals surface area contributed by atoms with Gasteiger partial charge in [-0.25, -0.2) is 0 Å². The number of nitrogens with zero attached hydrogens (tertiary/aromatic N) is 3. The third-order valence-electron chi connectivity index (χ3n) is 4.10. The third kappa shape index (κ3) is 2.77. The van der Waals surface area contributed by atoms with Gasteiger partial charge in [0.1, 0.15) is 0 Å². The molecule has 0 spiro atoms. The highest BCUT2D eigenvalue weighted by Gasteiger charge is 2.20. The number of hydrogen-bond acceptors (Lipinski definition) is 4. The number of benzene rings is 1. The summed E-state index contributed by atoms with van der Waals surface area (Å²) in [7, 11) is 0. The first-order valence-corrected chi connectivity index (χ1v) is 8.95. The van der Waals surface area contributed by atoms with Crippen molar-refractivity contribution in [2.75, 3.05) is 0 Å². The lowest BCUT2D eigenvalue weighted by atomic mass is 9.97. The van der Waals surface area contributed by atoms with E-state index < -0.39 is 0 Å². The zero-order chi connectivity index (χ0) is 15.8. The molecule has 0 saturated carbocycles. The first-order chi connectivity index (χ1) is 11.2. The molecule has 23 heavy (non-hydrogen) atoms. The second-order valence-corrected chi connectivity index (χ2v) is 7.03. The van der Waals surface area contributed by atoms with Gasteiger partial charge < -0.3 is 0 Å². The predicted molar refractivity (Wildman–Crippen MR) is 91.3 cm³/mol. The molecule has 0 bridgehead atoms. The highest BCUT2D eigenvalue weighted by atomic mass is 35.5. The van der Waals surface area contributed by atoms with Crippen molar-refractivity contribution >= 4 is 29.1 Å². The average molecular weight is 347 g/mol. The molecule has 1 aliphatic carbocycles. The van der Waals surface area contributed by atoms with Crippen LogP contribution >= 0.6 is 23.4 Å². The van der Waals surface area contributed by atoms with Crippen LogP contribution in [-0.2, 0) is 18.6 Å². The molecule has 1 aliphatic rings. The van der Waals surface area contributed by atoms with Gasteiger partial charge in [0.15, 0.2) is 5.16 Å². The Morgan fingerprint density at radius 3 is 3.00 bits per heavy atom. The van der Waals surface area contributed by atoms with Crippen LogP contribution in [0.25, 0.3) is 5.78 Å². The number of nitrogens with one attached hydrogen (secondary N) is 1. The van der Waals surface area contributed by atoms with Crippen molar-refractivity contribution in [3.63, 3.8) is 0 Å². The summed E-state index contributed by atoms with van der Waals surface area (Å²) in [5.41, 5.74) is 3.06. The van der Waals surface area contributed by atoms with Crippen LogP contribution in [0.3, 0.4) is 0 Å². The largest absolute Gasteiger partial charge is 0.290 e. The van der Waals surface area contributed by atoms with Crippen LogP contribution in [0.1, 0.15) is 29.7 Å². The fraction of sp³-hybridized carbons (Fsp3) is 0.312. The Labute approximate surface area is 142 Å². The Hall–Kier alpha value is -1.79. The van der Waals surface area contributed by atoms with Crippen LogP contribution in [0, 0.1) is 0 Å². The maximum atomic E-state index is 12.1. The van der Waals surface area contributed by atoms with E-state index in [1.807, 2.05) is 28.7 Å². The summed E-state index contributed by atoms with van der Waals surface area (Å²) < 4.78 is 2.01. The van der Waals surface area contributed by atoms with Gasteiger partial charge in [0.2, 0.25) is 5.78 Å². The van der Waals surface area contributed by atoms with Gasteiger partial charge in [-0.3, -0.25) is 14.2 Å². The van der Waals surface area contributed by atoms with Gasteiger partial charge in [0, 0.05) is 22.0 Å². The fourth-order valence-electron chi connectivity index (χ4n) is 3.02. The van der Waals surface area contributed by atoms with Gasteiger partial charge in [-0.2, -0.15) is 0 Å². The van der Waals surface area contributed by atoms with E-state index in [1.165, 1.54) is 0 Å². The lowest BCUT2D eigenvalue weighted by molar-refractivity contribution is 0.639. The topological polar surface area (TPSA) is 63.0 Å². The Bertz CT molecular complexity index is 933. The Morgan fingerprint density at radius 1 is 1.26 bits per heavy atom. The van der Waals surface area contributed by atoms with E-state index in [-0.39, 0.29) is 5.56 Å². The summed E-state index contributed by atoms with van der Waals surface area (Å²) >= 11 is 7.64. The normalized spacial score (nSPS) is 14.1. The van der Waals surface area contributed by atoms with Gasteiger partial charge in [-0.15, -0.1) is 10.2 Å². The van der Waals surface area contributed by atoms with Crippen LogP contribution in [-0.4, -0.2) is 19.6 Å². The van der Waals surface area contributed by atoms with Crippen molar-refractivity contribution in [2.45, 2.75) is 36.6 Å². The number of hydrogen-bond donors (Lipinski definition) is 1. The van der Waals surface area contributed by atoms with Gasteiger partial charge in [0.25, 0.3) is 5.56 Å². The predicted octanol–water partition coefficient (Wildman–Crippen LogP) is 3.24. The van der Waals surface area contributed by atoms with Gasteiger partial charge in [-0.1, -0.05) is 35.5 Å². The molecule has 118 valence electrons. The second-order valence-electron chi connectivity index (χ2n) is 5.65. The maximum Gasteiger partial charge on any atom is 0.255 e. The molecular formula is C16H15ClN4OS. The number of thioether (sulfide) groups is 1. The summed E-state index contributed by atoms with van der Waals surface area (Å²) in [6, 6.07) is 7.80. The molecule has 0 amide bonds. The molecule has 0 unspecified atom stereocenters. The summed E-state index contributed by atoms with van der Waals surface area (Å²) in [6.07, 6.45) is 3.90. The molecule has 0 aliphatic heterocycles. The smallest absolute Gasteiger partial charge is 0.255 e. The van der Waals surface area contributed by atoms with Gasteiger partial charge in [0.05, 0.1) is 0 Å². The van der Waals surface area contributed by atoms with Crippen molar-refractivity contribution in [1.82, 2.24) is 19.6 Å². The maximum absolute atomic E-state index is 12.1. The Balaban J connectivity index is 1.72. The van der Waals surface area contributed by atoms with Crippen molar-refractivity contribution in [3.8, 4) is 0 Å². The molecule has 0 saturated heterocycles. The minimum Gasteiger partial charge on any atom is -0.290 e. The molecule has 0 radical (unpaired) electrons. The van der Waals surface area contributed by atoms with E-state index in [0.29, 0.717) is 5.78 Å². The van der Waals surface area contributed by atoms with E-state index in [1.54, 1.807) is 11.8 Å². The minimum atomic E-state index is -0.0222. The van der Waals surface area contributed by atoms with Crippen LogP contribution in [0.5, 0.6) is 0 Å². The van der Waals surface area contributed by atoms with Crippen molar-refractivity contribution in [1.29, 1.82) is 0 Å². The van der Waals surface area contributed by atoms with Crippen molar-refractivity contribution < 1.29 is 0 Å². The zero-order valence-corrected chi connectivity index (χ0v) is 14.0. The van der Waals surface area contributed by atoms with Gasteiger partial charge >= 0.3 is 0 Å². The number of H-pyrrole nitrogens is 1. The van der Waals surface area contributed by atoms with Crippen molar-refractivity contribution in [3.05, 3.63) is 56.5 Å². The van der Waals surface area contributed by atoms with Gasteiger partial charge in [-0.05, 0) is 43.4 Å². The molecule has 1 N–H and O–H groups in total. The van der Waals surface area contributed by atoms with E-state index in [9.17, 15) is 4.79 Å². The lowest BCUT2D eigenvalue weighted by Crippen LogP contribution is -2.22. The fourth-order valence-corrected chi connectivity index (χ4v) is 4.13. The molecule has 5 nitrogen and oxygen atoms in total. The van der Waals surface area contributed by atoms with E-state index >= 15 is 0 Å². The van der Waals surface area contributed by atoms with E-state index in [2.05, 4.69) is 15.2 Å². The summed E-state index contributed by atoms with van der Waals surface area (Å²) in [5.74, 6) is 1.29. The lowest BCUT2D eigenvalue weighted by Gasteiger charge is -2.16. The van der Waals surface area contributed by atoms with Crippen LogP contribution < -0.4 is 5.56 Å². The second kappa shape index (κ2) is 6.02. The first-order valence-electron chi connectivity index (χ1n) is 7.59. The van der Waals surface area contributed by atoms with E-state index in [4.69, 9.17) is 11.6 Å². The summed E-state index contributed by atoms with van der Waals surface area (Å²) in [5, 5.41) is 9.93. The summed E-state index contributed by atoms with van der Waals surface area (Å²) in [6.45, 7) is 0. The number of halogens is 1. The van der Waals surface area contributed by atoms with Crippen molar-refractivity contribution in [2.24, 2.45) is 0 Å². The molecular weight excluding hydrogens is 332 g/mol. The number of aryl methyl sites for hydroxylation is 1. The molecule has 2 aromatic heterocycles. The number of rotatable bonds is 3. The molecule has 2 heterocycles. The Morgan fingerprint density at radius 2 is 2.13 bits per heavy atom.